The third-order valence-corrected chi connectivity index (χ3v) is 10.3. The van der Waals surface area contributed by atoms with Crippen molar-refractivity contribution in [2.75, 3.05) is 13.2 Å². The van der Waals surface area contributed by atoms with Crippen molar-refractivity contribution < 1.29 is 13.9 Å². The van der Waals surface area contributed by atoms with Gasteiger partial charge in [0.2, 0.25) is 0 Å². The summed E-state index contributed by atoms with van der Waals surface area (Å²) in [6.45, 7) is 5.58. The molecule has 5 rings (SSSR count). The van der Waals surface area contributed by atoms with Gasteiger partial charge >= 0.3 is 0 Å². The molecule has 3 aliphatic rings. The first-order valence-electron chi connectivity index (χ1n) is 16.3. The zero-order valence-corrected chi connectivity index (χ0v) is 24.5. The topological polar surface area (TPSA) is 18.5 Å². The van der Waals surface area contributed by atoms with Crippen molar-refractivity contribution in [3.8, 4) is 5.75 Å². The van der Waals surface area contributed by atoms with Gasteiger partial charge in [0.05, 0.1) is 12.7 Å². The van der Waals surface area contributed by atoms with Gasteiger partial charge in [-0.05, 0) is 149 Å². The predicted octanol–water partition coefficient (Wildman–Crippen LogP) is 10.3. The number of ether oxygens (including phenoxy) is 2. The molecule has 0 N–H and O–H groups in total. The second-order valence-corrected chi connectivity index (χ2v) is 12.7. The van der Waals surface area contributed by atoms with Crippen molar-refractivity contribution in [2.45, 2.75) is 128 Å². The highest BCUT2D eigenvalue weighted by molar-refractivity contribution is 5.32. The number of rotatable bonds is 10. The van der Waals surface area contributed by atoms with E-state index in [1.807, 2.05) is 13.0 Å². The highest BCUT2D eigenvalue weighted by Gasteiger charge is 2.32. The summed E-state index contributed by atoms with van der Waals surface area (Å²) in [4.78, 5) is 0. The van der Waals surface area contributed by atoms with Crippen LogP contribution in [0.15, 0.2) is 42.5 Å². The SMILES string of the molecule is CCCCOC1CCC(c2ccc(C3CCC(C4CCC(c5ccc(OCC)c(F)c5)CC4)CC3)cc2)CC1. The lowest BCUT2D eigenvalue weighted by Gasteiger charge is -2.38. The summed E-state index contributed by atoms with van der Waals surface area (Å²) >= 11 is 0. The van der Waals surface area contributed by atoms with Gasteiger partial charge in [-0.15, -0.1) is 0 Å². The van der Waals surface area contributed by atoms with Crippen LogP contribution in [0.25, 0.3) is 0 Å². The van der Waals surface area contributed by atoms with Crippen LogP contribution in [0.4, 0.5) is 4.39 Å². The predicted molar refractivity (Wildman–Crippen MR) is 159 cm³/mol. The average Bonchev–Trinajstić information content (AvgIpc) is 2.99. The van der Waals surface area contributed by atoms with Crippen molar-refractivity contribution in [1.82, 2.24) is 0 Å². The fraction of sp³-hybridized carbons (Fsp3) is 0.667. The standard InChI is InChI=1S/C36H51FO2/c1-3-5-24-39-34-21-18-31(19-22-34)30-12-10-27(11-13-30)26-6-8-28(9-7-26)29-14-16-32(17-15-29)33-20-23-36(38-4-2)35(37)25-33/h10-13,20,23,25-26,28-29,31-32,34H,3-9,14-19,21-22,24H2,1-2H3. The van der Waals surface area contributed by atoms with Crippen molar-refractivity contribution in [1.29, 1.82) is 0 Å². The summed E-state index contributed by atoms with van der Waals surface area (Å²) in [6.07, 6.45) is 18.3. The van der Waals surface area contributed by atoms with E-state index < -0.39 is 0 Å². The molecule has 2 aromatic rings. The fourth-order valence-electron chi connectivity index (χ4n) is 7.89. The van der Waals surface area contributed by atoms with Crippen LogP contribution in [-0.4, -0.2) is 19.3 Å². The molecular formula is C36H51FO2. The molecule has 0 spiro atoms. The number of benzene rings is 2. The minimum Gasteiger partial charge on any atom is -0.491 e. The van der Waals surface area contributed by atoms with E-state index in [2.05, 4.69) is 37.3 Å². The van der Waals surface area contributed by atoms with Crippen LogP contribution in [0.2, 0.25) is 0 Å². The number of hydrogen-bond acceptors (Lipinski definition) is 2. The second-order valence-electron chi connectivity index (χ2n) is 12.7. The molecule has 3 aliphatic carbocycles. The molecule has 2 aromatic carbocycles. The lowest BCUT2D eigenvalue weighted by molar-refractivity contribution is 0.0232. The molecule has 3 heteroatoms. The van der Waals surface area contributed by atoms with Crippen molar-refractivity contribution >= 4 is 0 Å². The van der Waals surface area contributed by atoms with Crippen molar-refractivity contribution in [3.63, 3.8) is 0 Å². The zero-order chi connectivity index (χ0) is 27.0. The third kappa shape index (κ3) is 7.46. The van der Waals surface area contributed by atoms with Crippen LogP contribution in [0.5, 0.6) is 5.75 Å². The van der Waals surface area contributed by atoms with E-state index >= 15 is 0 Å². The fourth-order valence-corrected chi connectivity index (χ4v) is 7.89. The molecule has 3 saturated carbocycles. The first-order chi connectivity index (χ1) is 19.1. The lowest BCUT2D eigenvalue weighted by Crippen LogP contribution is -2.25. The van der Waals surface area contributed by atoms with Gasteiger partial charge in [0.1, 0.15) is 0 Å². The van der Waals surface area contributed by atoms with Gasteiger partial charge in [-0.25, -0.2) is 4.39 Å². The van der Waals surface area contributed by atoms with Crippen LogP contribution < -0.4 is 4.74 Å². The van der Waals surface area contributed by atoms with Crippen molar-refractivity contribution in [3.05, 3.63) is 65.0 Å². The Morgan fingerprint density at radius 2 is 1.13 bits per heavy atom. The largest absolute Gasteiger partial charge is 0.491 e. The molecule has 0 amide bonds. The number of halogens is 1. The molecule has 0 heterocycles. The summed E-state index contributed by atoms with van der Waals surface area (Å²) in [5, 5.41) is 0. The van der Waals surface area contributed by atoms with E-state index in [0.29, 0.717) is 24.4 Å². The highest BCUT2D eigenvalue weighted by Crippen LogP contribution is 2.46. The smallest absolute Gasteiger partial charge is 0.165 e. The van der Waals surface area contributed by atoms with E-state index in [1.165, 1.54) is 89.9 Å². The number of hydrogen-bond donors (Lipinski definition) is 0. The van der Waals surface area contributed by atoms with Gasteiger partial charge in [-0.1, -0.05) is 43.7 Å². The van der Waals surface area contributed by atoms with Crippen LogP contribution in [0.1, 0.15) is 138 Å². The van der Waals surface area contributed by atoms with Gasteiger partial charge in [0.25, 0.3) is 0 Å². The highest BCUT2D eigenvalue weighted by atomic mass is 19.1. The first kappa shape index (κ1) is 28.7. The molecule has 0 saturated heterocycles. The monoisotopic (exact) mass is 534 g/mol. The van der Waals surface area contributed by atoms with Gasteiger partial charge in [-0.3, -0.25) is 0 Å². The Balaban J connectivity index is 1.05. The number of unbranched alkanes of at least 4 members (excludes halogenated alkanes) is 1. The first-order valence-corrected chi connectivity index (χ1v) is 16.3. The summed E-state index contributed by atoms with van der Waals surface area (Å²) in [7, 11) is 0. The Morgan fingerprint density at radius 1 is 0.641 bits per heavy atom. The molecule has 0 radical (unpaired) electrons. The van der Waals surface area contributed by atoms with E-state index in [-0.39, 0.29) is 5.82 Å². The maximum atomic E-state index is 14.4. The van der Waals surface area contributed by atoms with Gasteiger partial charge in [0, 0.05) is 6.61 Å². The van der Waals surface area contributed by atoms with Crippen LogP contribution in [0, 0.1) is 17.7 Å². The Hall–Kier alpha value is -1.87. The van der Waals surface area contributed by atoms with Crippen LogP contribution >= 0.6 is 0 Å². The quantitative estimate of drug-likeness (QED) is 0.282. The Kier molecular flexibility index (Phi) is 10.4. The third-order valence-electron chi connectivity index (χ3n) is 10.3. The molecule has 0 aromatic heterocycles. The van der Waals surface area contributed by atoms with Crippen LogP contribution in [-0.2, 0) is 4.74 Å². The van der Waals surface area contributed by atoms with Gasteiger partial charge < -0.3 is 9.47 Å². The minimum absolute atomic E-state index is 0.206. The summed E-state index contributed by atoms with van der Waals surface area (Å²) in [5.74, 6) is 3.88. The van der Waals surface area contributed by atoms with E-state index in [1.54, 1.807) is 17.2 Å². The zero-order valence-electron chi connectivity index (χ0n) is 24.5. The molecule has 214 valence electrons. The van der Waals surface area contributed by atoms with Gasteiger partial charge in [-0.2, -0.15) is 0 Å². The summed E-state index contributed by atoms with van der Waals surface area (Å²) in [6, 6.07) is 15.4. The Bertz CT molecular complexity index is 993. The molecule has 0 bridgehead atoms. The van der Waals surface area contributed by atoms with Gasteiger partial charge in [0.15, 0.2) is 11.6 Å². The van der Waals surface area contributed by atoms with E-state index in [4.69, 9.17) is 9.47 Å². The Labute approximate surface area is 237 Å². The van der Waals surface area contributed by atoms with Crippen molar-refractivity contribution in [2.24, 2.45) is 11.8 Å². The van der Waals surface area contributed by atoms with E-state index in [9.17, 15) is 4.39 Å². The molecule has 2 nitrogen and oxygen atoms in total. The molecule has 3 fully saturated rings. The second kappa shape index (κ2) is 14.2. The normalized spacial score (nSPS) is 29.7. The summed E-state index contributed by atoms with van der Waals surface area (Å²) < 4.78 is 25.9. The molecule has 0 aliphatic heterocycles. The minimum atomic E-state index is -0.206. The molecule has 39 heavy (non-hydrogen) atoms. The maximum absolute atomic E-state index is 14.4. The Morgan fingerprint density at radius 3 is 1.62 bits per heavy atom. The van der Waals surface area contributed by atoms with Crippen LogP contribution in [0.3, 0.4) is 0 Å². The lowest BCUT2D eigenvalue weighted by atomic mass is 9.67. The molecule has 0 atom stereocenters. The molecular weight excluding hydrogens is 483 g/mol. The summed E-state index contributed by atoms with van der Waals surface area (Å²) in [5.41, 5.74) is 4.27. The average molecular weight is 535 g/mol. The van der Waals surface area contributed by atoms with E-state index in [0.717, 1.165) is 35.8 Å². The maximum Gasteiger partial charge on any atom is 0.165 e. The molecule has 0 unspecified atom stereocenters.